The Balaban J connectivity index is 1.18. The molecule has 1 unspecified atom stereocenters. The molecule has 36 heavy (non-hydrogen) atoms. The minimum absolute atomic E-state index is 0.0503. The number of rotatable bonds is 7. The molecule has 1 amide bonds. The van der Waals surface area contributed by atoms with E-state index in [1.807, 2.05) is 30.3 Å². The summed E-state index contributed by atoms with van der Waals surface area (Å²) in [6.45, 7) is 1.40. The monoisotopic (exact) mass is 506 g/mol. The molecule has 1 aliphatic rings. The lowest BCUT2D eigenvalue weighted by Gasteiger charge is -2.27. The van der Waals surface area contributed by atoms with Crippen molar-refractivity contribution in [2.24, 2.45) is 0 Å². The zero-order valence-corrected chi connectivity index (χ0v) is 20.1. The molecule has 0 spiro atoms. The number of benzene rings is 2. The van der Waals surface area contributed by atoms with Gasteiger partial charge in [-0.2, -0.15) is 5.10 Å². The van der Waals surface area contributed by atoms with Crippen molar-refractivity contribution < 1.29 is 10.9 Å². The van der Waals surface area contributed by atoms with Crippen LogP contribution in [0.4, 0.5) is 11.5 Å². The number of nitrogens with one attached hydrogen (secondary N) is 2. The summed E-state index contributed by atoms with van der Waals surface area (Å²) in [7, 11) is 0. The summed E-state index contributed by atoms with van der Waals surface area (Å²) in [6.07, 6.45) is 2.94. The maximum atomic E-state index is 12.8. The summed E-state index contributed by atoms with van der Waals surface area (Å²) >= 11 is 6.04. The number of nitrogens with two attached hydrogens (primary N) is 1. The van der Waals surface area contributed by atoms with E-state index in [0.717, 1.165) is 11.1 Å². The molecule has 184 valence electrons. The number of nitrogens with zero attached hydrogens (tertiary/aromatic N) is 3. The molecule has 1 aliphatic heterocycles. The largest absolute Gasteiger partial charge is 0.485 e. The summed E-state index contributed by atoms with van der Waals surface area (Å²) in [5.41, 5.74) is 8.83. The van der Waals surface area contributed by atoms with Gasteiger partial charge in [-0.1, -0.05) is 41.9 Å². The van der Waals surface area contributed by atoms with Crippen molar-refractivity contribution in [2.75, 3.05) is 24.1 Å². The number of halogens is 1. The quantitative estimate of drug-likeness (QED) is 0.355. The van der Waals surface area contributed by atoms with Gasteiger partial charge in [-0.25, -0.2) is 0 Å². The number of carbonyl (C=O) groups excluding carboxylic acids is 1. The third-order valence-electron chi connectivity index (χ3n) is 5.83. The normalized spacial score (nSPS) is 15.1. The molecule has 4 aromatic rings. The van der Waals surface area contributed by atoms with Gasteiger partial charge in [-0.15, -0.1) is 0 Å². The molecule has 4 N–H and O–H groups in total. The van der Waals surface area contributed by atoms with Gasteiger partial charge in [0.2, 0.25) is 0 Å². The highest BCUT2D eigenvalue weighted by Crippen LogP contribution is 2.31. The standard InChI is InChI=1S/C26H25ClN6O3/c27-19-8-9-22-23(11-19)36-20(12-29-22)13-30-26(35)21-16-33(31-25(21)28)15-18-6-4-17(5-7-18)14-32-10-2-1-3-24(32)34/h1-11,16,20,29H,12-15H2,(H2,28,31)(H,30,35)/i/hT. The van der Waals surface area contributed by atoms with Crippen molar-refractivity contribution in [3.63, 3.8) is 0 Å². The molecule has 2 aromatic carbocycles. The van der Waals surface area contributed by atoms with E-state index < -0.39 is 6.10 Å². The zero-order chi connectivity index (χ0) is 25.9. The number of pyridine rings is 1. The first-order chi connectivity index (χ1) is 17.9. The second kappa shape index (κ2) is 10.2. The minimum Gasteiger partial charge on any atom is -0.485 e. The number of aromatic nitrogens is 3. The fraction of sp³-hybridized carbons (Fsp3) is 0.192. The molecular weight excluding hydrogens is 480 g/mol. The number of anilines is 2. The molecule has 5 rings (SSSR count). The van der Waals surface area contributed by atoms with Crippen LogP contribution < -0.4 is 26.7 Å². The molecule has 0 radical (unpaired) electrons. The zero-order valence-electron chi connectivity index (χ0n) is 20.3. The highest BCUT2D eigenvalue weighted by atomic mass is 35.5. The Morgan fingerprint density at radius 1 is 1.19 bits per heavy atom. The van der Waals surface area contributed by atoms with Gasteiger partial charge in [-0.3, -0.25) is 14.3 Å². The van der Waals surface area contributed by atoms with Crippen LogP contribution >= 0.6 is 11.6 Å². The van der Waals surface area contributed by atoms with Crippen LogP contribution in [0.15, 0.2) is 77.9 Å². The van der Waals surface area contributed by atoms with E-state index in [9.17, 15) is 9.59 Å². The molecule has 1 atom stereocenters. The molecule has 2 aromatic heterocycles. The molecule has 0 aliphatic carbocycles. The Kier molecular flexibility index (Phi) is 6.28. The molecule has 10 heteroatoms. The van der Waals surface area contributed by atoms with Crippen LogP contribution in [0.2, 0.25) is 6.43 Å². The molecule has 3 heterocycles. The van der Waals surface area contributed by atoms with Crippen molar-refractivity contribution in [3.05, 3.63) is 105 Å². The predicted octanol–water partition coefficient (Wildman–Crippen LogP) is 2.98. The first-order valence-electron chi connectivity index (χ1n) is 11.9. The first kappa shape index (κ1) is 22.2. The fourth-order valence-electron chi connectivity index (χ4n) is 3.96. The third-order valence-corrected chi connectivity index (χ3v) is 6.06. The van der Waals surface area contributed by atoms with Crippen LogP contribution in [0.25, 0.3) is 0 Å². The predicted molar refractivity (Wildman–Crippen MR) is 139 cm³/mol. The van der Waals surface area contributed by atoms with Gasteiger partial charge in [0.05, 0.1) is 31.9 Å². The maximum Gasteiger partial charge on any atom is 0.256 e. The molecule has 0 saturated carbocycles. The van der Waals surface area contributed by atoms with E-state index in [4.69, 9.17) is 23.5 Å². The number of ether oxygens (including phenoxy) is 1. The smallest absolute Gasteiger partial charge is 0.256 e. The molecule has 0 fully saturated rings. The Hall–Kier alpha value is -4.24. The fourth-order valence-corrected chi connectivity index (χ4v) is 4.12. The summed E-state index contributed by atoms with van der Waals surface area (Å²) < 4.78 is 17.3. The van der Waals surface area contributed by atoms with Crippen LogP contribution in [0.3, 0.4) is 0 Å². The van der Waals surface area contributed by atoms with Crippen molar-refractivity contribution in [1.82, 2.24) is 19.7 Å². The number of amides is 1. The Bertz CT molecular complexity index is 1490. The van der Waals surface area contributed by atoms with Gasteiger partial charge in [-0.05, 0) is 29.3 Å². The molecule has 0 bridgehead atoms. The second-order valence-electron chi connectivity index (χ2n) is 8.51. The van der Waals surface area contributed by atoms with E-state index in [2.05, 4.69) is 10.4 Å². The number of hydrogen-bond donors (Lipinski definition) is 3. The van der Waals surface area contributed by atoms with E-state index in [0.29, 0.717) is 36.1 Å². The average molecular weight is 507 g/mol. The Morgan fingerprint density at radius 2 is 1.97 bits per heavy atom. The number of hydrogen-bond acceptors (Lipinski definition) is 6. The van der Waals surface area contributed by atoms with Gasteiger partial charge >= 0.3 is 0 Å². The van der Waals surface area contributed by atoms with Crippen LogP contribution in [-0.2, 0) is 13.1 Å². The Morgan fingerprint density at radius 3 is 2.75 bits per heavy atom. The second-order valence-corrected chi connectivity index (χ2v) is 8.95. The van der Waals surface area contributed by atoms with Crippen LogP contribution in [0.5, 0.6) is 5.75 Å². The van der Waals surface area contributed by atoms with E-state index in [1.54, 1.807) is 45.9 Å². The molecular formula is C26H25ClN6O3. The number of nitrogen functional groups attached to an aromatic ring is 1. The Labute approximate surface area is 213 Å². The summed E-state index contributed by atoms with van der Waals surface area (Å²) in [6, 6.07) is 18.0. The average Bonchev–Trinajstić information content (AvgIpc) is 3.24. The highest BCUT2D eigenvalue weighted by molar-refractivity contribution is 6.30. The molecule has 0 saturated heterocycles. The van der Waals surface area contributed by atoms with E-state index in [-0.39, 0.29) is 29.4 Å². The van der Waals surface area contributed by atoms with Crippen LogP contribution in [0, 0.1) is 0 Å². The third kappa shape index (κ3) is 5.36. The number of fused-ring (bicyclic) bond motifs is 1. The highest BCUT2D eigenvalue weighted by Gasteiger charge is 2.21. The molecule has 9 nitrogen and oxygen atoms in total. The summed E-state index contributed by atoms with van der Waals surface area (Å²) in [4.78, 5) is 24.7. The van der Waals surface area contributed by atoms with Crippen molar-refractivity contribution >= 4 is 29.0 Å². The van der Waals surface area contributed by atoms with Crippen molar-refractivity contribution in [2.45, 2.75) is 19.2 Å². The first-order valence-corrected chi connectivity index (χ1v) is 11.8. The SMILES string of the molecule is [3H]N1CC(CNC(=O)c2cn(Cc3ccc(Cn4ccccc4=O)cc3)nc2N)Oc2cc(Cl)ccc21. The summed E-state index contributed by atoms with van der Waals surface area (Å²) in [5, 5.41) is 8.93. The maximum absolute atomic E-state index is 12.8. The van der Waals surface area contributed by atoms with Gasteiger partial charge in [0, 0.05) is 29.5 Å². The lowest BCUT2D eigenvalue weighted by Crippen LogP contribution is -2.41. The number of carbonyl (C=O) groups is 1. The topological polar surface area (TPSA) is 116 Å². The minimum atomic E-state index is -0.422. The van der Waals surface area contributed by atoms with Gasteiger partial charge < -0.3 is 25.7 Å². The van der Waals surface area contributed by atoms with E-state index >= 15 is 0 Å². The lowest BCUT2D eigenvalue weighted by atomic mass is 10.1. The van der Waals surface area contributed by atoms with Gasteiger partial charge in [0.25, 0.3) is 11.5 Å². The van der Waals surface area contributed by atoms with Crippen LogP contribution in [-0.4, -0.2) is 39.4 Å². The van der Waals surface area contributed by atoms with E-state index in [1.165, 1.54) is 11.4 Å². The summed E-state index contributed by atoms with van der Waals surface area (Å²) in [5.74, 6) is 0.257. The van der Waals surface area contributed by atoms with Crippen molar-refractivity contribution in [1.29, 1.82) is 0 Å². The van der Waals surface area contributed by atoms with Gasteiger partial charge in [0.15, 0.2) is 7.23 Å². The van der Waals surface area contributed by atoms with Crippen molar-refractivity contribution in [3.8, 4) is 5.75 Å². The van der Waals surface area contributed by atoms with Gasteiger partial charge in [0.1, 0.15) is 17.4 Å². The van der Waals surface area contributed by atoms with Crippen LogP contribution in [0.1, 0.15) is 21.5 Å². The lowest BCUT2D eigenvalue weighted by molar-refractivity contribution is 0.0930.